The summed E-state index contributed by atoms with van der Waals surface area (Å²) in [6.45, 7) is 2.51. The molecule has 0 radical (unpaired) electrons. The van der Waals surface area contributed by atoms with Crippen molar-refractivity contribution in [1.29, 1.82) is 0 Å². The molecule has 0 amide bonds. The molecule has 3 fully saturated rings. The van der Waals surface area contributed by atoms with Crippen molar-refractivity contribution in [3.05, 3.63) is 0 Å². The predicted molar refractivity (Wildman–Crippen MR) is 75.9 cm³/mol. The van der Waals surface area contributed by atoms with Gasteiger partial charge in [-0.3, -0.25) is 4.79 Å². The smallest absolute Gasteiger partial charge is 0.404 e. The van der Waals surface area contributed by atoms with E-state index >= 15 is 0 Å². The predicted octanol–water partition coefficient (Wildman–Crippen LogP) is 4.58. The van der Waals surface area contributed by atoms with Crippen LogP contribution in [0, 0.1) is 35.0 Å². The zero-order valence-electron chi connectivity index (χ0n) is 13.3. The highest BCUT2D eigenvalue weighted by Gasteiger charge is 2.57. The van der Waals surface area contributed by atoms with Crippen molar-refractivity contribution < 1.29 is 22.7 Å². The SMILES string of the molecule is CCC(C)(C(=O)OCC1CC2CC1C1CCCC21)C(F)(F)F. The van der Waals surface area contributed by atoms with E-state index in [1.165, 1.54) is 32.6 Å². The lowest BCUT2D eigenvalue weighted by Crippen LogP contribution is -2.44. The summed E-state index contributed by atoms with van der Waals surface area (Å²) < 4.78 is 44.4. The van der Waals surface area contributed by atoms with Crippen molar-refractivity contribution in [3.8, 4) is 0 Å². The summed E-state index contributed by atoms with van der Waals surface area (Å²) in [5.74, 6) is 2.05. The molecule has 0 aliphatic heterocycles. The minimum absolute atomic E-state index is 0.175. The van der Waals surface area contributed by atoms with E-state index in [2.05, 4.69) is 0 Å². The molecule has 5 heteroatoms. The molecule has 126 valence electrons. The standard InChI is InChI=1S/C17H25F3O2/c1-3-16(2,17(18,19)20)15(21)22-9-11-7-10-8-14(11)13-6-4-5-12(10)13/h10-14H,3-9H2,1-2H3. The molecule has 2 bridgehead atoms. The fourth-order valence-electron chi connectivity index (χ4n) is 5.20. The summed E-state index contributed by atoms with van der Waals surface area (Å²) in [5.41, 5.74) is -2.37. The van der Waals surface area contributed by atoms with Crippen LogP contribution in [0.4, 0.5) is 13.2 Å². The first-order valence-electron chi connectivity index (χ1n) is 8.52. The van der Waals surface area contributed by atoms with Crippen LogP contribution in [0.25, 0.3) is 0 Å². The van der Waals surface area contributed by atoms with Gasteiger partial charge in [0.1, 0.15) is 0 Å². The van der Waals surface area contributed by atoms with Gasteiger partial charge in [0.2, 0.25) is 0 Å². The summed E-state index contributed by atoms with van der Waals surface area (Å²) in [7, 11) is 0. The molecule has 0 saturated heterocycles. The van der Waals surface area contributed by atoms with Gasteiger partial charge < -0.3 is 4.74 Å². The van der Waals surface area contributed by atoms with Gasteiger partial charge in [-0.2, -0.15) is 13.2 Å². The first kappa shape index (κ1) is 16.1. The van der Waals surface area contributed by atoms with Gasteiger partial charge in [0.25, 0.3) is 0 Å². The number of hydrogen-bond acceptors (Lipinski definition) is 2. The molecule has 0 aromatic heterocycles. The van der Waals surface area contributed by atoms with Gasteiger partial charge in [-0.1, -0.05) is 13.3 Å². The van der Waals surface area contributed by atoms with Crippen LogP contribution >= 0.6 is 0 Å². The zero-order valence-corrected chi connectivity index (χ0v) is 13.3. The van der Waals surface area contributed by atoms with Crippen molar-refractivity contribution in [2.75, 3.05) is 6.61 Å². The van der Waals surface area contributed by atoms with Crippen molar-refractivity contribution in [2.45, 2.75) is 58.5 Å². The second kappa shape index (κ2) is 5.41. The van der Waals surface area contributed by atoms with E-state index in [1.54, 1.807) is 0 Å². The van der Waals surface area contributed by atoms with E-state index < -0.39 is 17.6 Å². The Morgan fingerprint density at radius 3 is 2.45 bits per heavy atom. The van der Waals surface area contributed by atoms with Crippen LogP contribution in [-0.4, -0.2) is 18.8 Å². The molecule has 2 nitrogen and oxygen atoms in total. The third kappa shape index (κ3) is 2.35. The fourth-order valence-corrected chi connectivity index (χ4v) is 5.20. The van der Waals surface area contributed by atoms with E-state index in [4.69, 9.17) is 4.74 Å². The average Bonchev–Trinajstić information content (AvgIpc) is 3.13. The molecule has 3 aliphatic carbocycles. The molecule has 0 N–H and O–H groups in total. The van der Waals surface area contributed by atoms with E-state index in [0.29, 0.717) is 5.92 Å². The Labute approximate surface area is 129 Å². The summed E-state index contributed by atoms with van der Waals surface area (Å²) in [4.78, 5) is 12.0. The summed E-state index contributed by atoms with van der Waals surface area (Å²) in [6.07, 6.45) is 1.26. The number of carbonyl (C=O) groups is 1. The molecule has 3 aliphatic rings. The minimum Gasteiger partial charge on any atom is -0.465 e. The Morgan fingerprint density at radius 2 is 1.82 bits per heavy atom. The number of ether oxygens (including phenoxy) is 1. The first-order chi connectivity index (χ1) is 10.3. The Balaban J connectivity index is 1.58. The molecule has 0 aromatic carbocycles. The number of rotatable bonds is 4. The third-order valence-corrected chi connectivity index (χ3v) is 6.78. The highest BCUT2D eigenvalue weighted by molar-refractivity contribution is 5.77. The topological polar surface area (TPSA) is 26.3 Å². The molecule has 3 saturated carbocycles. The van der Waals surface area contributed by atoms with Crippen LogP contribution in [0.3, 0.4) is 0 Å². The number of fused-ring (bicyclic) bond motifs is 5. The Hall–Kier alpha value is -0.740. The second-order valence-corrected chi connectivity index (χ2v) is 7.70. The van der Waals surface area contributed by atoms with E-state index in [9.17, 15) is 18.0 Å². The highest BCUT2D eigenvalue weighted by Crippen LogP contribution is 2.61. The van der Waals surface area contributed by atoms with Crippen molar-refractivity contribution in [3.63, 3.8) is 0 Å². The lowest BCUT2D eigenvalue weighted by atomic mass is 9.76. The normalized spacial score (nSPS) is 39.6. The van der Waals surface area contributed by atoms with Crippen LogP contribution in [0.2, 0.25) is 0 Å². The molecule has 3 rings (SSSR count). The third-order valence-electron chi connectivity index (χ3n) is 6.78. The molecule has 6 unspecified atom stereocenters. The minimum atomic E-state index is -4.55. The maximum atomic E-state index is 13.1. The maximum absolute atomic E-state index is 13.1. The van der Waals surface area contributed by atoms with Crippen molar-refractivity contribution in [1.82, 2.24) is 0 Å². The highest BCUT2D eigenvalue weighted by atomic mass is 19.4. The van der Waals surface area contributed by atoms with Gasteiger partial charge >= 0.3 is 12.1 Å². The van der Waals surface area contributed by atoms with Crippen molar-refractivity contribution >= 4 is 5.97 Å². The first-order valence-corrected chi connectivity index (χ1v) is 8.52. The van der Waals surface area contributed by atoms with E-state index in [-0.39, 0.29) is 18.9 Å². The number of esters is 1. The summed E-state index contributed by atoms with van der Waals surface area (Å²) in [5, 5.41) is 0. The molecular weight excluding hydrogens is 293 g/mol. The van der Waals surface area contributed by atoms with Crippen LogP contribution in [0.5, 0.6) is 0 Å². The zero-order chi connectivity index (χ0) is 16.1. The Morgan fingerprint density at radius 1 is 1.14 bits per heavy atom. The molecule has 6 atom stereocenters. The lowest BCUT2D eigenvalue weighted by Gasteiger charge is -2.33. The monoisotopic (exact) mass is 318 g/mol. The fraction of sp³-hybridized carbons (Fsp3) is 0.941. The van der Waals surface area contributed by atoms with E-state index in [1.807, 2.05) is 0 Å². The van der Waals surface area contributed by atoms with Crippen molar-refractivity contribution in [2.24, 2.45) is 35.0 Å². The van der Waals surface area contributed by atoms with Crippen LogP contribution in [-0.2, 0) is 9.53 Å². The van der Waals surface area contributed by atoms with Gasteiger partial charge in [0.15, 0.2) is 5.41 Å². The van der Waals surface area contributed by atoms with Gasteiger partial charge in [0, 0.05) is 0 Å². The molecular formula is C17H25F3O2. The number of carbonyl (C=O) groups excluding carboxylic acids is 1. The quantitative estimate of drug-likeness (QED) is 0.709. The Kier molecular flexibility index (Phi) is 3.97. The van der Waals surface area contributed by atoms with E-state index in [0.717, 1.165) is 31.1 Å². The van der Waals surface area contributed by atoms with Gasteiger partial charge in [-0.25, -0.2) is 0 Å². The second-order valence-electron chi connectivity index (χ2n) is 7.70. The van der Waals surface area contributed by atoms with Gasteiger partial charge in [0.05, 0.1) is 6.61 Å². The molecule has 22 heavy (non-hydrogen) atoms. The number of hydrogen-bond donors (Lipinski definition) is 0. The maximum Gasteiger partial charge on any atom is 0.404 e. The van der Waals surface area contributed by atoms with Gasteiger partial charge in [-0.05, 0) is 68.6 Å². The molecule has 0 spiro atoms. The summed E-state index contributed by atoms with van der Waals surface area (Å²) in [6, 6.07) is 0. The Bertz CT molecular complexity index is 448. The molecule has 0 heterocycles. The average molecular weight is 318 g/mol. The largest absolute Gasteiger partial charge is 0.465 e. The number of alkyl halides is 3. The van der Waals surface area contributed by atoms with Gasteiger partial charge in [-0.15, -0.1) is 0 Å². The number of halogens is 3. The lowest BCUT2D eigenvalue weighted by molar-refractivity contribution is -0.231. The molecule has 0 aromatic rings. The van der Waals surface area contributed by atoms with Crippen LogP contribution < -0.4 is 0 Å². The van der Waals surface area contributed by atoms with Crippen LogP contribution in [0.1, 0.15) is 52.4 Å². The summed E-state index contributed by atoms with van der Waals surface area (Å²) >= 11 is 0. The van der Waals surface area contributed by atoms with Crippen LogP contribution in [0.15, 0.2) is 0 Å².